The van der Waals surface area contributed by atoms with E-state index in [0.717, 1.165) is 23.2 Å². The van der Waals surface area contributed by atoms with Crippen LogP contribution in [-0.2, 0) is 19.2 Å². The Kier molecular flexibility index (Phi) is 4.64. The van der Waals surface area contributed by atoms with Gasteiger partial charge >= 0.3 is 0 Å². The van der Waals surface area contributed by atoms with Crippen LogP contribution in [0.15, 0.2) is 40.9 Å². The van der Waals surface area contributed by atoms with E-state index in [1.165, 1.54) is 21.6 Å². The molecule has 0 spiro atoms. The minimum Gasteiger partial charge on any atom is -0.305 e. The molecular weight excluding hydrogens is 310 g/mol. The molecule has 5 heteroatoms. The molecule has 3 aromatic rings. The third kappa shape index (κ3) is 3.25. The predicted octanol–water partition coefficient (Wildman–Crippen LogP) is 4.71. The summed E-state index contributed by atoms with van der Waals surface area (Å²) in [6.45, 7) is 4.28. The molecule has 0 bridgehead atoms. The van der Waals surface area contributed by atoms with Crippen molar-refractivity contribution in [2.75, 3.05) is 0 Å². The Morgan fingerprint density at radius 3 is 2.64 bits per heavy atom. The van der Waals surface area contributed by atoms with E-state index in [4.69, 9.17) is 0 Å². The molecule has 2 heterocycles. The fraction of sp³-hybridized carbons (Fsp3) is 0.294. The molecule has 3 nitrogen and oxygen atoms in total. The van der Waals surface area contributed by atoms with Crippen LogP contribution >= 0.6 is 23.1 Å². The number of benzene rings is 1. The zero-order valence-corrected chi connectivity index (χ0v) is 14.7. The van der Waals surface area contributed by atoms with Gasteiger partial charge in [0.1, 0.15) is 0 Å². The van der Waals surface area contributed by atoms with Crippen molar-refractivity contribution in [1.82, 2.24) is 14.8 Å². The standard InChI is InChI=1S/C17H19N3S2/c1-4-15-9-14(11-21-15)16-18-19-17(20(16)3)22-10-13-7-5-12(2)6-8-13/h5-9,11H,4,10H2,1-3H3. The van der Waals surface area contributed by atoms with Crippen molar-refractivity contribution < 1.29 is 0 Å². The first kappa shape index (κ1) is 15.3. The van der Waals surface area contributed by atoms with Crippen LogP contribution in [0.4, 0.5) is 0 Å². The molecule has 0 fully saturated rings. The molecule has 0 saturated carbocycles. The van der Waals surface area contributed by atoms with Crippen molar-refractivity contribution in [3.05, 3.63) is 51.7 Å². The van der Waals surface area contributed by atoms with Crippen molar-refractivity contribution in [1.29, 1.82) is 0 Å². The molecule has 114 valence electrons. The van der Waals surface area contributed by atoms with Crippen LogP contribution in [0.1, 0.15) is 22.9 Å². The van der Waals surface area contributed by atoms with Crippen LogP contribution in [0.25, 0.3) is 11.4 Å². The number of rotatable bonds is 5. The van der Waals surface area contributed by atoms with Gasteiger partial charge in [0.05, 0.1) is 0 Å². The van der Waals surface area contributed by atoms with Gasteiger partial charge < -0.3 is 4.57 Å². The number of thioether (sulfide) groups is 1. The monoisotopic (exact) mass is 329 g/mol. The van der Waals surface area contributed by atoms with Gasteiger partial charge in [0, 0.05) is 28.6 Å². The SMILES string of the molecule is CCc1cc(-c2nnc(SCc3ccc(C)cc3)n2C)cs1. The fourth-order valence-corrected chi connectivity index (χ4v) is 3.89. The number of aryl methyl sites for hydroxylation is 2. The first-order valence-electron chi connectivity index (χ1n) is 7.33. The summed E-state index contributed by atoms with van der Waals surface area (Å²) in [5.74, 6) is 1.86. The summed E-state index contributed by atoms with van der Waals surface area (Å²) in [6.07, 6.45) is 1.07. The molecule has 0 radical (unpaired) electrons. The molecule has 22 heavy (non-hydrogen) atoms. The van der Waals surface area contributed by atoms with Gasteiger partial charge in [0.2, 0.25) is 0 Å². The Morgan fingerprint density at radius 1 is 1.18 bits per heavy atom. The lowest BCUT2D eigenvalue weighted by Gasteiger charge is -2.03. The number of hydrogen-bond donors (Lipinski definition) is 0. The van der Waals surface area contributed by atoms with E-state index in [-0.39, 0.29) is 0 Å². The Bertz CT molecular complexity index is 757. The van der Waals surface area contributed by atoms with Gasteiger partial charge in [0.15, 0.2) is 11.0 Å². The molecule has 0 N–H and O–H groups in total. The normalized spacial score (nSPS) is 11.0. The summed E-state index contributed by atoms with van der Waals surface area (Å²) in [5.41, 5.74) is 3.77. The Hall–Kier alpha value is -1.59. The summed E-state index contributed by atoms with van der Waals surface area (Å²) in [4.78, 5) is 1.38. The second-order valence-corrected chi connectivity index (χ2v) is 7.23. The fourth-order valence-electron chi connectivity index (χ4n) is 2.21. The van der Waals surface area contributed by atoms with E-state index < -0.39 is 0 Å². The maximum absolute atomic E-state index is 4.36. The Morgan fingerprint density at radius 2 is 1.95 bits per heavy atom. The van der Waals surface area contributed by atoms with Gasteiger partial charge in [-0.25, -0.2) is 0 Å². The lowest BCUT2D eigenvalue weighted by atomic mass is 10.2. The van der Waals surface area contributed by atoms with E-state index >= 15 is 0 Å². The summed E-state index contributed by atoms with van der Waals surface area (Å²) in [6, 6.07) is 10.9. The second-order valence-electron chi connectivity index (χ2n) is 5.29. The van der Waals surface area contributed by atoms with Crippen molar-refractivity contribution in [2.24, 2.45) is 7.05 Å². The molecule has 0 saturated heterocycles. The van der Waals surface area contributed by atoms with Crippen LogP contribution in [0.3, 0.4) is 0 Å². The summed E-state index contributed by atoms with van der Waals surface area (Å²) in [7, 11) is 2.04. The molecular formula is C17H19N3S2. The number of hydrogen-bond acceptors (Lipinski definition) is 4. The van der Waals surface area contributed by atoms with Crippen molar-refractivity contribution in [2.45, 2.75) is 31.2 Å². The van der Waals surface area contributed by atoms with E-state index in [0.29, 0.717) is 0 Å². The molecule has 0 aliphatic heterocycles. The van der Waals surface area contributed by atoms with Crippen molar-refractivity contribution in [3.8, 4) is 11.4 Å². The lowest BCUT2D eigenvalue weighted by Crippen LogP contribution is -1.94. The highest BCUT2D eigenvalue weighted by Gasteiger charge is 2.12. The number of thiophene rings is 1. The van der Waals surface area contributed by atoms with E-state index in [2.05, 4.69) is 64.3 Å². The van der Waals surface area contributed by atoms with Gasteiger partial charge in [-0.1, -0.05) is 48.5 Å². The van der Waals surface area contributed by atoms with Gasteiger partial charge in [-0.15, -0.1) is 21.5 Å². The van der Waals surface area contributed by atoms with Gasteiger partial charge in [-0.2, -0.15) is 0 Å². The minimum atomic E-state index is 0.913. The predicted molar refractivity (Wildman–Crippen MR) is 94.4 cm³/mol. The molecule has 2 aromatic heterocycles. The van der Waals surface area contributed by atoms with E-state index in [9.17, 15) is 0 Å². The third-order valence-electron chi connectivity index (χ3n) is 3.58. The van der Waals surface area contributed by atoms with Crippen LogP contribution in [0.2, 0.25) is 0 Å². The Balaban J connectivity index is 1.74. The third-order valence-corrected chi connectivity index (χ3v) is 5.76. The molecule has 3 rings (SSSR count). The van der Waals surface area contributed by atoms with Crippen LogP contribution in [0, 0.1) is 6.92 Å². The van der Waals surface area contributed by atoms with Crippen LogP contribution in [0.5, 0.6) is 0 Å². The maximum atomic E-state index is 4.36. The molecule has 1 aromatic carbocycles. The highest BCUT2D eigenvalue weighted by atomic mass is 32.2. The largest absolute Gasteiger partial charge is 0.305 e. The number of nitrogens with zero attached hydrogens (tertiary/aromatic N) is 3. The zero-order valence-electron chi connectivity index (χ0n) is 13.0. The second kappa shape index (κ2) is 6.67. The van der Waals surface area contributed by atoms with Gasteiger partial charge in [-0.05, 0) is 25.0 Å². The van der Waals surface area contributed by atoms with Crippen LogP contribution < -0.4 is 0 Å². The highest BCUT2D eigenvalue weighted by molar-refractivity contribution is 7.98. The van der Waals surface area contributed by atoms with Crippen LogP contribution in [-0.4, -0.2) is 14.8 Å². The van der Waals surface area contributed by atoms with Crippen molar-refractivity contribution in [3.63, 3.8) is 0 Å². The zero-order chi connectivity index (χ0) is 15.5. The quantitative estimate of drug-likeness (QED) is 0.635. The molecule has 0 amide bonds. The minimum absolute atomic E-state index is 0.913. The summed E-state index contributed by atoms with van der Waals surface area (Å²) >= 11 is 3.51. The first-order chi connectivity index (χ1) is 10.7. The van der Waals surface area contributed by atoms with E-state index in [1.54, 1.807) is 23.1 Å². The summed E-state index contributed by atoms with van der Waals surface area (Å²) in [5, 5.41) is 11.8. The summed E-state index contributed by atoms with van der Waals surface area (Å²) < 4.78 is 2.08. The molecule has 0 aliphatic rings. The average Bonchev–Trinajstić information content (AvgIpc) is 3.13. The first-order valence-corrected chi connectivity index (χ1v) is 9.19. The van der Waals surface area contributed by atoms with E-state index in [1.807, 2.05) is 7.05 Å². The molecule has 0 aliphatic carbocycles. The molecule has 0 unspecified atom stereocenters. The van der Waals surface area contributed by atoms with Gasteiger partial charge in [-0.3, -0.25) is 0 Å². The maximum Gasteiger partial charge on any atom is 0.191 e. The number of aromatic nitrogens is 3. The average molecular weight is 329 g/mol. The highest BCUT2D eigenvalue weighted by Crippen LogP contribution is 2.28. The smallest absolute Gasteiger partial charge is 0.191 e. The molecule has 0 atom stereocenters. The Labute approximate surface area is 139 Å². The topological polar surface area (TPSA) is 30.7 Å². The van der Waals surface area contributed by atoms with Gasteiger partial charge in [0.25, 0.3) is 0 Å². The lowest BCUT2D eigenvalue weighted by molar-refractivity contribution is 0.794. The van der Waals surface area contributed by atoms with Crippen molar-refractivity contribution >= 4 is 23.1 Å².